The first kappa shape index (κ1) is 14.6. The third-order valence-corrected chi connectivity index (χ3v) is 4.13. The summed E-state index contributed by atoms with van der Waals surface area (Å²) in [7, 11) is 0. The van der Waals surface area contributed by atoms with Crippen molar-refractivity contribution in [2.75, 3.05) is 0 Å². The van der Waals surface area contributed by atoms with E-state index in [4.69, 9.17) is 0 Å². The molecule has 0 bridgehead atoms. The van der Waals surface area contributed by atoms with E-state index >= 15 is 0 Å². The Hall–Kier alpha value is -1.37. The van der Waals surface area contributed by atoms with Crippen molar-refractivity contribution >= 4 is 18.0 Å². The predicted octanol–water partition coefficient (Wildman–Crippen LogP) is -3.53. The van der Waals surface area contributed by atoms with Gasteiger partial charge in [0, 0.05) is 17.8 Å². The number of carbonyl (C=O) groups is 2. The maximum Gasteiger partial charge on any atom is 1.00 e. The second kappa shape index (κ2) is 5.12. The molecule has 0 radical (unpaired) electrons. The Morgan fingerprint density at radius 3 is 3.00 bits per heavy atom. The van der Waals surface area contributed by atoms with E-state index < -0.39 is 5.97 Å². The third kappa shape index (κ3) is 2.09. The van der Waals surface area contributed by atoms with E-state index in [1.165, 1.54) is 10.6 Å². The predicted molar refractivity (Wildman–Crippen MR) is 66.9 cm³/mol. The van der Waals surface area contributed by atoms with Crippen LogP contribution in [-0.4, -0.2) is 32.6 Å². The van der Waals surface area contributed by atoms with Gasteiger partial charge in [0.05, 0.1) is 23.4 Å². The van der Waals surface area contributed by atoms with Crippen LogP contribution >= 0.6 is 0 Å². The van der Waals surface area contributed by atoms with Crippen LogP contribution in [0.2, 0.25) is 0 Å². The summed E-state index contributed by atoms with van der Waals surface area (Å²) in [6.45, 7) is 0.929. The van der Waals surface area contributed by atoms with Gasteiger partial charge in [-0.2, -0.15) is 5.10 Å². The quantitative estimate of drug-likeness (QED) is 0.321. The summed E-state index contributed by atoms with van der Waals surface area (Å²) in [6.07, 6.45) is 6.00. The molecule has 1 aromatic heterocycles. The Balaban J connectivity index is 0.00000132. The van der Waals surface area contributed by atoms with E-state index in [0.29, 0.717) is 12.0 Å². The molecule has 3 aliphatic rings. The number of aliphatic carboxylic acids is 1. The van der Waals surface area contributed by atoms with Crippen molar-refractivity contribution < 1.29 is 44.3 Å². The molecule has 0 spiro atoms. The number of carbonyl (C=O) groups excluding carboxylic acids is 2. The minimum Gasteiger partial charge on any atom is -0.543 e. The van der Waals surface area contributed by atoms with Crippen molar-refractivity contribution in [2.45, 2.75) is 31.8 Å². The number of nitrogens with zero attached hydrogens (tertiary/aromatic N) is 3. The summed E-state index contributed by atoms with van der Waals surface area (Å²) in [5, 5.41) is 15.3. The van der Waals surface area contributed by atoms with E-state index in [2.05, 4.69) is 5.10 Å². The number of hydrogen-bond donors (Lipinski definition) is 0. The normalized spacial score (nSPS) is 24.3. The van der Waals surface area contributed by atoms with Crippen LogP contribution in [-0.2, 0) is 22.6 Å². The molecule has 6 nitrogen and oxygen atoms in total. The zero-order chi connectivity index (χ0) is 13.9. The van der Waals surface area contributed by atoms with E-state index in [9.17, 15) is 14.7 Å². The number of aromatic nitrogens is 2. The molecule has 0 aliphatic carbocycles. The van der Waals surface area contributed by atoms with Gasteiger partial charge in [0.1, 0.15) is 0 Å². The van der Waals surface area contributed by atoms with Gasteiger partial charge in [0.15, 0.2) is 0 Å². The van der Waals surface area contributed by atoms with Crippen LogP contribution in [0.1, 0.15) is 24.2 Å². The van der Waals surface area contributed by atoms with Crippen LogP contribution in [0.4, 0.5) is 0 Å². The molecule has 0 saturated carbocycles. The van der Waals surface area contributed by atoms with Crippen LogP contribution < -0.4 is 34.7 Å². The fourth-order valence-electron chi connectivity index (χ4n) is 3.18. The first-order valence-corrected chi connectivity index (χ1v) is 6.68. The molecule has 7 heteroatoms. The molecular formula is C14H12N3NaO3. The summed E-state index contributed by atoms with van der Waals surface area (Å²) in [5.74, 6) is -1.54. The molecule has 4 heterocycles. The Labute approximate surface area is 143 Å². The van der Waals surface area contributed by atoms with Gasteiger partial charge < -0.3 is 9.90 Å². The number of aryl methyl sites for hydroxylation is 2. The molecule has 1 amide bonds. The summed E-state index contributed by atoms with van der Waals surface area (Å²) >= 11 is 0. The Bertz CT molecular complexity index is 683. The fraction of sp³-hybridized carbons (Fsp3) is 0.357. The SMILES string of the molecule is O=C([O-])C1=CCC2/C(=C\c3cc4n(n3)CCC4)C(=O)N12.[Na+]. The van der Waals surface area contributed by atoms with Crippen molar-refractivity contribution in [1.82, 2.24) is 14.7 Å². The zero-order valence-corrected chi connectivity index (χ0v) is 13.7. The molecular weight excluding hydrogens is 281 g/mol. The second-order valence-electron chi connectivity index (χ2n) is 5.29. The first-order valence-electron chi connectivity index (χ1n) is 6.68. The van der Waals surface area contributed by atoms with Gasteiger partial charge in [-0.25, -0.2) is 0 Å². The number of hydrogen-bond acceptors (Lipinski definition) is 4. The minimum absolute atomic E-state index is 0. The minimum atomic E-state index is -1.29. The van der Waals surface area contributed by atoms with E-state index in [-0.39, 0.29) is 47.2 Å². The van der Waals surface area contributed by atoms with Crippen molar-refractivity contribution in [2.24, 2.45) is 0 Å². The standard InChI is InChI=1S/C14H13N3O3.Na/c18-13-10(11-3-4-12(14(19)20)17(11)13)7-8-6-9-2-1-5-16(9)15-8;/h4,6-7,11H,1-3,5H2,(H,19,20);/q;+1/p-1/b10-7+;. The van der Waals surface area contributed by atoms with Crippen LogP contribution in [0.5, 0.6) is 0 Å². The largest absolute Gasteiger partial charge is 1.00 e. The van der Waals surface area contributed by atoms with Crippen molar-refractivity contribution in [3.8, 4) is 0 Å². The molecule has 0 N–H and O–H groups in total. The summed E-state index contributed by atoms with van der Waals surface area (Å²) < 4.78 is 1.97. The van der Waals surface area contributed by atoms with Crippen molar-refractivity contribution in [3.05, 3.63) is 34.8 Å². The first-order chi connectivity index (χ1) is 9.65. The number of carboxylic acid groups (broad SMARTS) is 1. The van der Waals surface area contributed by atoms with Crippen LogP contribution in [0.3, 0.4) is 0 Å². The molecule has 1 unspecified atom stereocenters. The van der Waals surface area contributed by atoms with Crippen LogP contribution in [0.15, 0.2) is 23.4 Å². The van der Waals surface area contributed by atoms with Gasteiger partial charge in [-0.05, 0) is 31.4 Å². The van der Waals surface area contributed by atoms with Gasteiger partial charge in [0.25, 0.3) is 5.91 Å². The maximum absolute atomic E-state index is 12.0. The molecule has 1 saturated heterocycles. The van der Waals surface area contributed by atoms with E-state index in [0.717, 1.165) is 25.1 Å². The average Bonchev–Trinajstić information content (AvgIpc) is 3.07. The molecule has 1 fully saturated rings. The molecule has 1 atom stereocenters. The maximum atomic E-state index is 12.0. The summed E-state index contributed by atoms with van der Waals surface area (Å²) in [4.78, 5) is 24.2. The number of carboxylic acids is 1. The summed E-state index contributed by atoms with van der Waals surface area (Å²) in [6, 6.07) is 1.84. The van der Waals surface area contributed by atoms with Crippen LogP contribution in [0.25, 0.3) is 6.08 Å². The molecule has 1 aromatic rings. The molecule has 3 aliphatic heterocycles. The Morgan fingerprint density at radius 1 is 1.48 bits per heavy atom. The molecule has 21 heavy (non-hydrogen) atoms. The molecule has 102 valence electrons. The third-order valence-electron chi connectivity index (χ3n) is 4.13. The number of fused-ring (bicyclic) bond motifs is 2. The smallest absolute Gasteiger partial charge is 0.543 e. The van der Waals surface area contributed by atoms with Gasteiger partial charge >= 0.3 is 29.6 Å². The summed E-state index contributed by atoms with van der Waals surface area (Å²) in [5.41, 5.74) is 2.60. The zero-order valence-electron chi connectivity index (χ0n) is 11.7. The monoisotopic (exact) mass is 293 g/mol. The van der Waals surface area contributed by atoms with E-state index in [1.54, 1.807) is 12.2 Å². The molecule has 0 aromatic carbocycles. The van der Waals surface area contributed by atoms with Crippen molar-refractivity contribution in [1.29, 1.82) is 0 Å². The molecule has 4 rings (SSSR count). The fourth-order valence-corrected chi connectivity index (χ4v) is 3.18. The van der Waals surface area contributed by atoms with Gasteiger partial charge in [-0.1, -0.05) is 6.08 Å². The second-order valence-corrected chi connectivity index (χ2v) is 5.29. The Kier molecular flexibility index (Phi) is 3.55. The van der Waals surface area contributed by atoms with Crippen molar-refractivity contribution in [3.63, 3.8) is 0 Å². The van der Waals surface area contributed by atoms with Gasteiger partial charge in [-0.15, -0.1) is 0 Å². The van der Waals surface area contributed by atoms with Gasteiger partial charge in [-0.3, -0.25) is 14.4 Å². The van der Waals surface area contributed by atoms with Gasteiger partial charge in [0.2, 0.25) is 0 Å². The topological polar surface area (TPSA) is 78.3 Å². The van der Waals surface area contributed by atoms with E-state index in [1.807, 2.05) is 10.7 Å². The average molecular weight is 293 g/mol. The number of β-lactam (4-membered cyclic amide) rings is 1. The van der Waals surface area contributed by atoms with Crippen LogP contribution in [0, 0.1) is 0 Å². The number of amides is 1. The number of rotatable bonds is 2. The Morgan fingerprint density at radius 2 is 2.29 bits per heavy atom.